The van der Waals surface area contributed by atoms with E-state index in [1.54, 1.807) is 32.4 Å². The lowest BCUT2D eigenvalue weighted by Gasteiger charge is -2.29. The Hall–Kier alpha value is -1.99. The van der Waals surface area contributed by atoms with Gasteiger partial charge in [0.25, 0.3) is 11.1 Å². The molecule has 2 aliphatic heterocycles. The second-order valence-electron chi connectivity index (χ2n) is 6.04. The zero-order valence-electron chi connectivity index (χ0n) is 14.5. The van der Waals surface area contributed by atoms with Gasteiger partial charge < -0.3 is 9.47 Å². The molecule has 134 valence electrons. The van der Waals surface area contributed by atoms with Crippen LogP contribution >= 0.6 is 11.8 Å². The molecule has 1 aromatic rings. The lowest BCUT2D eigenvalue weighted by Crippen LogP contribution is -2.42. The van der Waals surface area contributed by atoms with E-state index in [9.17, 15) is 9.59 Å². The molecule has 1 aromatic carbocycles. The highest BCUT2D eigenvalue weighted by molar-refractivity contribution is 8.18. The van der Waals surface area contributed by atoms with E-state index in [0.29, 0.717) is 23.1 Å². The summed E-state index contributed by atoms with van der Waals surface area (Å²) in [6.07, 6.45) is 5.17. The fourth-order valence-corrected chi connectivity index (χ4v) is 3.82. The van der Waals surface area contributed by atoms with E-state index in [1.807, 2.05) is 6.07 Å². The molecule has 0 bridgehead atoms. The zero-order valence-corrected chi connectivity index (χ0v) is 15.3. The molecule has 0 aliphatic carbocycles. The van der Waals surface area contributed by atoms with Crippen molar-refractivity contribution in [2.45, 2.75) is 19.3 Å². The van der Waals surface area contributed by atoms with Crippen LogP contribution in [0.15, 0.2) is 23.1 Å². The maximum Gasteiger partial charge on any atom is 0.294 e. The van der Waals surface area contributed by atoms with Crippen LogP contribution in [-0.4, -0.2) is 54.9 Å². The summed E-state index contributed by atoms with van der Waals surface area (Å²) in [6.45, 7) is 2.25. The zero-order chi connectivity index (χ0) is 17.8. The Kier molecular flexibility index (Phi) is 5.65. The van der Waals surface area contributed by atoms with Crippen LogP contribution in [0.3, 0.4) is 0 Å². The van der Waals surface area contributed by atoms with Gasteiger partial charge >= 0.3 is 0 Å². The molecule has 7 heteroatoms. The van der Waals surface area contributed by atoms with Crippen LogP contribution < -0.4 is 9.47 Å². The average Bonchev–Trinajstić information content (AvgIpc) is 2.90. The van der Waals surface area contributed by atoms with Gasteiger partial charge in [0.1, 0.15) is 11.5 Å². The number of carbonyl (C=O) groups is 2. The van der Waals surface area contributed by atoms with Crippen molar-refractivity contribution in [3.8, 4) is 11.5 Å². The summed E-state index contributed by atoms with van der Waals surface area (Å²) in [5.74, 6) is 1.04. The summed E-state index contributed by atoms with van der Waals surface area (Å²) in [7, 11) is 3.15. The first-order valence-corrected chi connectivity index (χ1v) is 9.14. The lowest BCUT2D eigenvalue weighted by molar-refractivity contribution is -0.124. The Morgan fingerprint density at radius 1 is 1.12 bits per heavy atom. The standard InChI is InChI=1S/C18H22N2O4S/c1-23-14-7-6-13(15(11-14)24-2)10-16-17(21)20(18(22)25-16)12-19-8-4-3-5-9-19/h6-7,10-11H,3-5,8-9,12H2,1-2H3/b16-10-. The van der Waals surface area contributed by atoms with E-state index in [1.165, 1.54) is 11.3 Å². The van der Waals surface area contributed by atoms with Gasteiger partial charge in [0.15, 0.2) is 0 Å². The second-order valence-corrected chi connectivity index (χ2v) is 7.03. The third kappa shape index (κ3) is 3.99. The second kappa shape index (κ2) is 7.93. The van der Waals surface area contributed by atoms with E-state index < -0.39 is 0 Å². The van der Waals surface area contributed by atoms with Crippen molar-refractivity contribution in [3.63, 3.8) is 0 Å². The first-order valence-electron chi connectivity index (χ1n) is 8.32. The molecule has 0 radical (unpaired) electrons. The molecule has 2 aliphatic rings. The highest BCUT2D eigenvalue weighted by atomic mass is 32.2. The molecule has 2 heterocycles. The van der Waals surface area contributed by atoms with Gasteiger partial charge in [0.05, 0.1) is 25.8 Å². The molecule has 2 amide bonds. The molecule has 25 heavy (non-hydrogen) atoms. The van der Waals surface area contributed by atoms with Crippen molar-refractivity contribution in [2.75, 3.05) is 34.0 Å². The minimum absolute atomic E-state index is 0.214. The molecular weight excluding hydrogens is 340 g/mol. The number of benzene rings is 1. The molecule has 0 spiro atoms. The van der Waals surface area contributed by atoms with Gasteiger partial charge in [0.2, 0.25) is 0 Å². The Labute approximate surface area is 151 Å². The molecule has 0 saturated carbocycles. The van der Waals surface area contributed by atoms with Crippen LogP contribution in [0.4, 0.5) is 4.79 Å². The molecule has 2 saturated heterocycles. The summed E-state index contributed by atoms with van der Waals surface area (Å²) in [5, 5.41) is -0.214. The molecule has 3 rings (SSSR count). The molecule has 0 N–H and O–H groups in total. The van der Waals surface area contributed by atoms with Gasteiger partial charge in [-0.1, -0.05) is 6.42 Å². The fraction of sp³-hybridized carbons (Fsp3) is 0.444. The van der Waals surface area contributed by atoms with Crippen molar-refractivity contribution >= 4 is 29.0 Å². The number of thioether (sulfide) groups is 1. The average molecular weight is 362 g/mol. The predicted octanol–water partition coefficient (Wildman–Crippen LogP) is 3.18. The van der Waals surface area contributed by atoms with Crippen molar-refractivity contribution in [1.82, 2.24) is 9.80 Å². The molecular formula is C18H22N2O4S. The molecule has 0 unspecified atom stereocenters. The Morgan fingerprint density at radius 3 is 2.56 bits per heavy atom. The number of amides is 2. The Balaban J connectivity index is 1.78. The maximum atomic E-state index is 12.6. The predicted molar refractivity (Wildman–Crippen MR) is 97.6 cm³/mol. The number of likely N-dealkylation sites (tertiary alicyclic amines) is 1. The van der Waals surface area contributed by atoms with Crippen LogP contribution in [0, 0.1) is 0 Å². The SMILES string of the molecule is COc1ccc(/C=C2\SC(=O)N(CN3CCCCC3)C2=O)c(OC)c1. The van der Waals surface area contributed by atoms with E-state index in [4.69, 9.17) is 9.47 Å². The molecule has 0 aromatic heterocycles. The van der Waals surface area contributed by atoms with Gasteiger partial charge in [-0.15, -0.1) is 0 Å². The van der Waals surface area contributed by atoms with Gasteiger partial charge in [0, 0.05) is 11.6 Å². The van der Waals surface area contributed by atoms with Crippen LogP contribution in [-0.2, 0) is 4.79 Å². The number of hydrogen-bond acceptors (Lipinski definition) is 6. The number of methoxy groups -OCH3 is 2. The number of ether oxygens (including phenoxy) is 2. The Morgan fingerprint density at radius 2 is 1.88 bits per heavy atom. The minimum atomic E-state index is -0.238. The smallest absolute Gasteiger partial charge is 0.294 e. The van der Waals surface area contributed by atoms with Crippen LogP contribution in [0.1, 0.15) is 24.8 Å². The van der Waals surface area contributed by atoms with Crippen molar-refractivity contribution in [1.29, 1.82) is 0 Å². The lowest BCUT2D eigenvalue weighted by atomic mass is 10.1. The summed E-state index contributed by atoms with van der Waals surface area (Å²) in [5.41, 5.74) is 0.742. The minimum Gasteiger partial charge on any atom is -0.497 e. The molecule has 6 nitrogen and oxygen atoms in total. The van der Waals surface area contributed by atoms with Crippen molar-refractivity contribution in [2.24, 2.45) is 0 Å². The number of hydrogen-bond donors (Lipinski definition) is 0. The van der Waals surface area contributed by atoms with E-state index in [0.717, 1.165) is 43.3 Å². The highest BCUT2D eigenvalue weighted by Crippen LogP contribution is 2.35. The first kappa shape index (κ1) is 17.8. The molecule has 2 fully saturated rings. The van der Waals surface area contributed by atoms with E-state index >= 15 is 0 Å². The molecule has 0 atom stereocenters. The maximum absolute atomic E-state index is 12.6. The quantitative estimate of drug-likeness (QED) is 0.750. The van der Waals surface area contributed by atoms with Crippen molar-refractivity contribution in [3.05, 3.63) is 28.7 Å². The number of imide groups is 1. The third-order valence-corrected chi connectivity index (χ3v) is 5.30. The summed E-state index contributed by atoms with van der Waals surface area (Å²) >= 11 is 0.979. The van der Waals surface area contributed by atoms with Crippen molar-refractivity contribution < 1.29 is 19.1 Å². The summed E-state index contributed by atoms with van der Waals surface area (Å²) in [6, 6.07) is 5.37. The van der Waals surface area contributed by atoms with Gasteiger partial charge in [-0.05, 0) is 55.9 Å². The fourth-order valence-electron chi connectivity index (χ4n) is 3.00. The first-order chi connectivity index (χ1) is 12.1. The van der Waals surface area contributed by atoms with Crippen LogP contribution in [0.25, 0.3) is 6.08 Å². The number of rotatable bonds is 5. The topological polar surface area (TPSA) is 59.1 Å². The summed E-state index contributed by atoms with van der Waals surface area (Å²) in [4.78, 5) is 28.8. The summed E-state index contributed by atoms with van der Waals surface area (Å²) < 4.78 is 10.5. The van der Waals surface area contributed by atoms with Crippen LogP contribution in [0.2, 0.25) is 0 Å². The van der Waals surface area contributed by atoms with Gasteiger partial charge in [-0.3, -0.25) is 19.4 Å². The third-order valence-electron chi connectivity index (χ3n) is 4.39. The van der Waals surface area contributed by atoms with E-state index in [-0.39, 0.29) is 11.1 Å². The van der Waals surface area contributed by atoms with Gasteiger partial charge in [-0.25, -0.2) is 0 Å². The van der Waals surface area contributed by atoms with Gasteiger partial charge in [-0.2, -0.15) is 0 Å². The van der Waals surface area contributed by atoms with Crippen LogP contribution in [0.5, 0.6) is 11.5 Å². The largest absolute Gasteiger partial charge is 0.497 e. The number of nitrogens with zero attached hydrogens (tertiary/aromatic N) is 2. The monoisotopic (exact) mass is 362 g/mol. The number of carbonyl (C=O) groups excluding carboxylic acids is 2. The normalized spacial score (nSPS) is 20.4. The Bertz CT molecular complexity index is 698. The highest BCUT2D eigenvalue weighted by Gasteiger charge is 2.36. The number of piperidine rings is 1. The van der Waals surface area contributed by atoms with E-state index in [2.05, 4.69) is 4.90 Å².